The van der Waals surface area contributed by atoms with Crippen LogP contribution in [-0.4, -0.2) is 18.4 Å². The molecule has 3 nitrogen and oxygen atoms in total. The average molecular weight is 355 g/mol. The second-order valence-electron chi connectivity index (χ2n) is 4.25. The zero-order chi connectivity index (χ0) is 14.7. The van der Waals surface area contributed by atoms with E-state index in [0.717, 1.165) is 16.8 Å². The van der Waals surface area contributed by atoms with Gasteiger partial charge in [-0.3, -0.25) is 4.99 Å². The fourth-order valence-corrected chi connectivity index (χ4v) is 2.27. The summed E-state index contributed by atoms with van der Waals surface area (Å²) in [5.41, 5.74) is 2.59. The Morgan fingerprint density at radius 2 is 2.05 bits per heavy atom. The molecule has 1 N–H and O–H groups in total. The van der Waals surface area contributed by atoms with Gasteiger partial charge in [0.25, 0.3) is 0 Å². The largest absolute Gasteiger partial charge is 0.503 e. The summed E-state index contributed by atoms with van der Waals surface area (Å²) in [4.78, 5) is 4.36. The van der Waals surface area contributed by atoms with Gasteiger partial charge < -0.3 is 9.84 Å². The second-order valence-corrected chi connectivity index (χ2v) is 5.51. The predicted octanol–water partition coefficient (Wildman–Crippen LogP) is 4.88. The van der Waals surface area contributed by atoms with E-state index in [-0.39, 0.29) is 5.75 Å². The number of aliphatic imine (C=N–C) groups is 1. The van der Waals surface area contributed by atoms with Crippen LogP contribution in [0.15, 0.2) is 39.8 Å². The van der Waals surface area contributed by atoms with Crippen molar-refractivity contribution in [1.29, 1.82) is 0 Å². The molecule has 0 heterocycles. The maximum Gasteiger partial charge on any atom is 0.172 e. The van der Waals surface area contributed by atoms with Gasteiger partial charge in [0.05, 0.1) is 17.3 Å². The van der Waals surface area contributed by atoms with Crippen molar-refractivity contribution in [3.8, 4) is 11.5 Å². The maximum atomic E-state index is 9.74. The highest BCUT2D eigenvalue weighted by Gasteiger charge is 2.07. The molecule has 5 heteroatoms. The fraction of sp³-hybridized carbons (Fsp3) is 0.133. The topological polar surface area (TPSA) is 41.8 Å². The molecule has 0 amide bonds. The molecule has 2 aromatic carbocycles. The first-order valence-electron chi connectivity index (χ1n) is 5.88. The van der Waals surface area contributed by atoms with Crippen LogP contribution in [0.3, 0.4) is 0 Å². The number of aryl methyl sites for hydroxylation is 1. The number of methoxy groups -OCH3 is 1. The zero-order valence-corrected chi connectivity index (χ0v) is 13.4. The molecular formula is C15H13BrClNO2. The number of phenolic OH excluding ortho intramolecular Hbond substituents is 1. The minimum Gasteiger partial charge on any atom is -0.503 e. The van der Waals surface area contributed by atoms with Gasteiger partial charge in [0, 0.05) is 11.2 Å². The molecule has 104 valence electrons. The smallest absolute Gasteiger partial charge is 0.172 e. The molecule has 0 saturated carbocycles. The van der Waals surface area contributed by atoms with Crippen LogP contribution in [0.5, 0.6) is 11.5 Å². The predicted molar refractivity (Wildman–Crippen MR) is 85.8 cm³/mol. The van der Waals surface area contributed by atoms with Crippen LogP contribution in [-0.2, 0) is 0 Å². The third-order valence-electron chi connectivity index (χ3n) is 2.79. The summed E-state index contributed by atoms with van der Waals surface area (Å²) in [5.74, 6) is 0.464. The lowest BCUT2D eigenvalue weighted by Gasteiger charge is -2.06. The minimum absolute atomic E-state index is 0.0723. The Bertz CT molecular complexity index is 671. The molecule has 0 spiro atoms. The van der Waals surface area contributed by atoms with Crippen LogP contribution >= 0.6 is 27.5 Å². The summed E-state index contributed by atoms with van der Waals surface area (Å²) in [5, 5.41) is 10.4. The summed E-state index contributed by atoms with van der Waals surface area (Å²) in [6, 6.07) is 9.09. The van der Waals surface area contributed by atoms with Gasteiger partial charge >= 0.3 is 0 Å². The van der Waals surface area contributed by atoms with Crippen molar-refractivity contribution in [1.82, 2.24) is 0 Å². The highest BCUT2D eigenvalue weighted by Crippen LogP contribution is 2.34. The number of aromatic hydroxyl groups is 1. The molecular weight excluding hydrogens is 342 g/mol. The monoisotopic (exact) mass is 353 g/mol. The molecule has 0 bridgehead atoms. The molecule has 2 rings (SSSR count). The molecule has 0 saturated heterocycles. The lowest BCUT2D eigenvalue weighted by atomic mass is 10.2. The van der Waals surface area contributed by atoms with Crippen LogP contribution < -0.4 is 4.74 Å². The van der Waals surface area contributed by atoms with E-state index in [2.05, 4.69) is 20.9 Å². The number of rotatable bonds is 3. The van der Waals surface area contributed by atoms with Crippen molar-refractivity contribution in [3.63, 3.8) is 0 Å². The Morgan fingerprint density at radius 1 is 1.30 bits per heavy atom. The molecule has 0 aliphatic heterocycles. The van der Waals surface area contributed by atoms with Gasteiger partial charge in [-0.15, -0.1) is 0 Å². The fourth-order valence-electron chi connectivity index (χ4n) is 1.64. The van der Waals surface area contributed by atoms with Crippen LogP contribution in [0.4, 0.5) is 5.69 Å². The Labute approximate surface area is 131 Å². The Kier molecular flexibility index (Phi) is 4.68. The Balaban J connectivity index is 2.31. The summed E-state index contributed by atoms with van der Waals surface area (Å²) >= 11 is 9.33. The third kappa shape index (κ3) is 3.32. The van der Waals surface area contributed by atoms with Gasteiger partial charge in [-0.05, 0) is 58.2 Å². The average Bonchev–Trinajstić information content (AvgIpc) is 2.43. The number of benzene rings is 2. The van der Waals surface area contributed by atoms with Gasteiger partial charge in [0.1, 0.15) is 0 Å². The zero-order valence-electron chi connectivity index (χ0n) is 11.0. The lowest BCUT2D eigenvalue weighted by Crippen LogP contribution is -1.88. The first-order valence-corrected chi connectivity index (χ1v) is 7.05. The molecule has 0 fully saturated rings. The first-order chi connectivity index (χ1) is 9.51. The molecule has 0 aliphatic carbocycles. The molecule has 0 radical (unpaired) electrons. The van der Waals surface area contributed by atoms with E-state index in [1.807, 2.05) is 19.1 Å². The molecule has 0 atom stereocenters. The maximum absolute atomic E-state index is 9.74. The van der Waals surface area contributed by atoms with Crippen LogP contribution in [0, 0.1) is 6.92 Å². The quantitative estimate of drug-likeness (QED) is 0.799. The molecule has 0 aliphatic rings. The highest BCUT2D eigenvalue weighted by molar-refractivity contribution is 9.10. The first kappa shape index (κ1) is 14.9. The molecule has 20 heavy (non-hydrogen) atoms. The van der Waals surface area contributed by atoms with Crippen LogP contribution in [0.25, 0.3) is 0 Å². The number of ether oxygens (including phenoxy) is 1. The highest BCUT2D eigenvalue weighted by atomic mass is 79.9. The Hall–Kier alpha value is -1.52. The summed E-state index contributed by atoms with van der Waals surface area (Å²) in [7, 11) is 1.50. The van der Waals surface area contributed by atoms with Crippen molar-refractivity contribution in [3.05, 3.63) is 51.0 Å². The summed E-state index contributed by atoms with van der Waals surface area (Å²) in [6.45, 7) is 1.94. The normalized spacial score (nSPS) is 11.0. The van der Waals surface area contributed by atoms with E-state index in [9.17, 15) is 5.11 Å². The minimum atomic E-state index is 0.0723. The number of nitrogens with zero attached hydrogens (tertiary/aromatic N) is 1. The van der Waals surface area contributed by atoms with E-state index in [1.165, 1.54) is 7.11 Å². The Morgan fingerprint density at radius 3 is 2.70 bits per heavy atom. The standard InChI is InChI=1S/C15H13BrClNO2/c1-9-3-4-11(7-13(9)17)18-8-10-5-12(16)15(19)14(6-10)20-2/h3-8,19H,1-2H3. The third-order valence-corrected chi connectivity index (χ3v) is 3.80. The van der Waals surface area contributed by atoms with Crippen molar-refractivity contribution < 1.29 is 9.84 Å². The number of halogens is 2. The van der Waals surface area contributed by atoms with Gasteiger partial charge in [0.15, 0.2) is 11.5 Å². The lowest BCUT2D eigenvalue weighted by molar-refractivity contribution is 0.372. The van der Waals surface area contributed by atoms with Crippen molar-refractivity contribution in [2.24, 2.45) is 4.99 Å². The summed E-state index contributed by atoms with van der Waals surface area (Å²) < 4.78 is 5.65. The van der Waals surface area contributed by atoms with E-state index >= 15 is 0 Å². The summed E-state index contributed by atoms with van der Waals surface area (Å²) in [6.07, 6.45) is 1.69. The van der Waals surface area contributed by atoms with Crippen molar-refractivity contribution in [2.45, 2.75) is 6.92 Å². The van der Waals surface area contributed by atoms with E-state index in [0.29, 0.717) is 15.2 Å². The van der Waals surface area contributed by atoms with Crippen LogP contribution in [0.2, 0.25) is 5.02 Å². The van der Waals surface area contributed by atoms with Gasteiger partial charge in [-0.2, -0.15) is 0 Å². The number of phenols is 1. The van der Waals surface area contributed by atoms with Crippen LogP contribution in [0.1, 0.15) is 11.1 Å². The second kappa shape index (κ2) is 6.29. The SMILES string of the molecule is COc1cc(C=Nc2ccc(C)c(Cl)c2)cc(Br)c1O. The van der Waals surface area contributed by atoms with Crippen molar-refractivity contribution >= 4 is 39.4 Å². The van der Waals surface area contributed by atoms with E-state index in [1.54, 1.807) is 24.4 Å². The van der Waals surface area contributed by atoms with Gasteiger partial charge in [-0.25, -0.2) is 0 Å². The van der Waals surface area contributed by atoms with E-state index in [4.69, 9.17) is 16.3 Å². The number of hydrogen-bond donors (Lipinski definition) is 1. The molecule has 2 aromatic rings. The van der Waals surface area contributed by atoms with E-state index < -0.39 is 0 Å². The van der Waals surface area contributed by atoms with Crippen molar-refractivity contribution in [2.75, 3.05) is 7.11 Å². The number of hydrogen-bond acceptors (Lipinski definition) is 3. The van der Waals surface area contributed by atoms with Gasteiger partial charge in [0.2, 0.25) is 0 Å². The molecule has 0 unspecified atom stereocenters. The molecule has 0 aromatic heterocycles. The van der Waals surface area contributed by atoms with Gasteiger partial charge in [-0.1, -0.05) is 17.7 Å².